The zero-order chi connectivity index (χ0) is 28.6. The fourth-order valence-electron chi connectivity index (χ4n) is 7.23. The molecule has 2 aliphatic carbocycles. The van der Waals surface area contributed by atoms with Crippen LogP contribution in [0.4, 0.5) is 5.82 Å². The SMILES string of the molecule is C=CC(=O)N1CCN(c2nc(OC[C@@H]3CCCN3C)nc3c2CC[C@]2(CCc4ccccc4C2)C3=O)C[C@@H]1CC#N. The first-order chi connectivity index (χ1) is 19.9. The predicted molar refractivity (Wildman–Crippen MR) is 155 cm³/mol. The molecule has 41 heavy (non-hydrogen) atoms. The second kappa shape index (κ2) is 11.2. The Bertz CT molecular complexity index is 1400. The number of Topliss-reactive ketones (excluding diaryl/α,β-unsaturated/α-hetero) is 1. The molecule has 2 fully saturated rings. The molecule has 0 N–H and O–H groups in total. The van der Waals surface area contributed by atoms with E-state index < -0.39 is 5.41 Å². The zero-order valence-corrected chi connectivity index (χ0v) is 23.8. The maximum absolute atomic E-state index is 14.4. The number of anilines is 1. The van der Waals surface area contributed by atoms with Gasteiger partial charge in [0.15, 0.2) is 5.78 Å². The Hall–Kier alpha value is -3.77. The number of rotatable bonds is 6. The average Bonchev–Trinajstić information content (AvgIpc) is 3.42. The summed E-state index contributed by atoms with van der Waals surface area (Å²) in [5.41, 5.74) is 3.48. The number of nitriles is 1. The summed E-state index contributed by atoms with van der Waals surface area (Å²) in [5, 5.41) is 9.50. The van der Waals surface area contributed by atoms with Gasteiger partial charge in [0.05, 0.1) is 18.5 Å². The molecule has 0 bridgehead atoms. The van der Waals surface area contributed by atoms with Crippen LogP contribution in [-0.2, 0) is 24.1 Å². The number of hydrogen-bond acceptors (Lipinski definition) is 8. The van der Waals surface area contributed by atoms with Crippen LogP contribution in [-0.4, -0.2) is 83.4 Å². The smallest absolute Gasteiger partial charge is 0.319 e. The highest BCUT2D eigenvalue weighted by Gasteiger charge is 2.47. The van der Waals surface area contributed by atoms with Crippen molar-refractivity contribution in [3.63, 3.8) is 0 Å². The molecule has 2 aliphatic heterocycles. The molecule has 3 atom stereocenters. The summed E-state index contributed by atoms with van der Waals surface area (Å²) in [6, 6.07) is 10.9. The molecule has 0 saturated carbocycles. The predicted octanol–water partition coefficient (Wildman–Crippen LogP) is 3.37. The first-order valence-electron chi connectivity index (χ1n) is 14.8. The van der Waals surface area contributed by atoms with Gasteiger partial charge < -0.3 is 19.4 Å². The van der Waals surface area contributed by atoms with E-state index in [0.29, 0.717) is 50.2 Å². The number of benzene rings is 1. The number of hydrogen-bond donors (Lipinski definition) is 0. The quantitative estimate of drug-likeness (QED) is 0.501. The summed E-state index contributed by atoms with van der Waals surface area (Å²) in [6.45, 7) is 6.60. The molecule has 3 heterocycles. The second-order valence-electron chi connectivity index (χ2n) is 12.0. The molecule has 2 aromatic rings. The van der Waals surface area contributed by atoms with Crippen molar-refractivity contribution in [2.45, 2.75) is 63.5 Å². The highest BCUT2D eigenvalue weighted by Crippen LogP contribution is 2.46. The van der Waals surface area contributed by atoms with Gasteiger partial charge >= 0.3 is 6.01 Å². The maximum Gasteiger partial charge on any atom is 0.319 e. The first kappa shape index (κ1) is 27.4. The minimum atomic E-state index is -0.464. The van der Waals surface area contributed by atoms with E-state index in [4.69, 9.17) is 14.7 Å². The van der Waals surface area contributed by atoms with Crippen LogP contribution >= 0.6 is 0 Å². The third-order valence-electron chi connectivity index (χ3n) is 9.68. The van der Waals surface area contributed by atoms with E-state index in [1.807, 2.05) is 0 Å². The Morgan fingerprint density at radius 3 is 2.73 bits per heavy atom. The lowest BCUT2D eigenvalue weighted by Gasteiger charge is -2.43. The monoisotopic (exact) mass is 554 g/mol. The number of ether oxygens (including phenoxy) is 1. The lowest BCUT2D eigenvalue weighted by atomic mass is 9.63. The highest BCUT2D eigenvalue weighted by atomic mass is 16.5. The number of carbonyl (C=O) groups is 2. The van der Waals surface area contributed by atoms with Gasteiger partial charge in [0.1, 0.15) is 18.1 Å². The van der Waals surface area contributed by atoms with E-state index in [1.54, 1.807) is 4.90 Å². The molecular formula is C32H38N6O3. The van der Waals surface area contributed by atoms with Crippen LogP contribution in [0.3, 0.4) is 0 Å². The molecule has 9 nitrogen and oxygen atoms in total. The molecular weight excluding hydrogens is 516 g/mol. The van der Waals surface area contributed by atoms with Gasteiger partial charge in [-0.2, -0.15) is 15.2 Å². The lowest BCUT2D eigenvalue weighted by Crippen LogP contribution is -2.55. The summed E-state index contributed by atoms with van der Waals surface area (Å²) in [5.74, 6) is 0.626. The van der Waals surface area contributed by atoms with E-state index in [2.05, 4.69) is 53.8 Å². The van der Waals surface area contributed by atoms with Gasteiger partial charge in [-0.3, -0.25) is 9.59 Å². The Balaban J connectivity index is 1.34. The minimum absolute atomic E-state index is 0.0915. The summed E-state index contributed by atoms with van der Waals surface area (Å²) in [7, 11) is 2.10. The van der Waals surface area contributed by atoms with Crippen molar-refractivity contribution in [2.24, 2.45) is 5.41 Å². The van der Waals surface area contributed by atoms with Crippen molar-refractivity contribution in [2.75, 3.05) is 44.7 Å². The number of ketones is 1. The number of amides is 1. The van der Waals surface area contributed by atoms with Crippen molar-refractivity contribution in [1.29, 1.82) is 5.26 Å². The molecule has 9 heteroatoms. The standard InChI is InChI=1S/C32H38N6O3/c1-3-27(39)38-18-17-37(20-24(38)12-15-33)30-26-11-14-32(13-10-22-7-4-5-8-23(22)19-32)29(40)28(26)34-31(35-30)41-21-25-9-6-16-36(25)2/h3-5,7-8,24-25H,1,6,9-14,16-21H2,2H3/t24-,25-,32-/m0/s1. The van der Waals surface area contributed by atoms with Crippen molar-refractivity contribution in [3.05, 3.63) is 59.3 Å². The molecule has 1 aromatic heterocycles. The highest BCUT2D eigenvalue weighted by molar-refractivity contribution is 6.02. The van der Waals surface area contributed by atoms with Gasteiger partial charge in [-0.25, -0.2) is 0 Å². The molecule has 4 aliphatic rings. The van der Waals surface area contributed by atoms with Gasteiger partial charge in [0.25, 0.3) is 0 Å². The van der Waals surface area contributed by atoms with Gasteiger partial charge in [-0.1, -0.05) is 30.8 Å². The van der Waals surface area contributed by atoms with Gasteiger partial charge in [0, 0.05) is 36.7 Å². The van der Waals surface area contributed by atoms with Crippen LogP contribution in [0.15, 0.2) is 36.9 Å². The second-order valence-corrected chi connectivity index (χ2v) is 12.0. The van der Waals surface area contributed by atoms with Crippen molar-refractivity contribution in [1.82, 2.24) is 19.8 Å². The normalized spacial score (nSPS) is 25.9. The molecule has 1 amide bonds. The van der Waals surface area contributed by atoms with E-state index in [1.165, 1.54) is 17.2 Å². The van der Waals surface area contributed by atoms with E-state index in [-0.39, 0.29) is 30.2 Å². The number of aromatic nitrogens is 2. The molecule has 214 valence electrons. The third kappa shape index (κ3) is 5.10. The molecule has 1 spiro atoms. The Kier molecular flexibility index (Phi) is 7.52. The van der Waals surface area contributed by atoms with Crippen LogP contribution in [0.1, 0.15) is 59.3 Å². The van der Waals surface area contributed by atoms with Crippen molar-refractivity contribution in [3.8, 4) is 12.1 Å². The Labute approximate surface area is 241 Å². The van der Waals surface area contributed by atoms with Crippen LogP contribution in [0.25, 0.3) is 0 Å². The molecule has 2 saturated heterocycles. The van der Waals surface area contributed by atoms with Gasteiger partial charge in [-0.05, 0) is 75.7 Å². The number of fused-ring (bicyclic) bond motifs is 2. The summed E-state index contributed by atoms with van der Waals surface area (Å²) in [6.07, 6.45) is 7.62. The fraction of sp³-hybridized carbons (Fsp3) is 0.531. The van der Waals surface area contributed by atoms with Crippen LogP contribution in [0.2, 0.25) is 0 Å². The Morgan fingerprint density at radius 1 is 1.17 bits per heavy atom. The van der Waals surface area contributed by atoms with Crippen LogP contribution in [0, 0.1) is 16.7 Å². The van der Waals surface area contributed by atoms with Crippen molar-refractivity contribution >= 4 is 17.5 Å². The minimum Gasteiger partial charge on any atom is -0.462 e. The third-order valence-corrected chi connectivity index (χ3v) is 9.68. The first-order valence-corrected chi connectivity index (χ1v) is 14.8. The number of aryl methyl sites for hydroxylation is 1. The summed E-state index contributed by atoms with van der Waals surface area (Å²) in [4.78, 5) is 42.7. The van der Waals surface area contributed by atoms with Gasteiger partial charge in [-0.15, -0.1) is 0 Å². The molecule has 0 radical (unpaired) electrons. The zero-order valence-electron chi connectivity index (χ0n) is 23.8. The van der Waals surface area contributed by atoms with E-state index >= 15 is 0 Å². The number of carbonyl (C=O) groups excluding carboxylic acids is 2. The molecule has 6 rings (SSSR count). The molecule has 1 aromatic carbocycles. The summed E-state index contributed by atoms with van der Waals surface area (Å²) < 4.78 is 6.22. The fourth-order valence-corrected chi connectivity index (χ4v) is 7.23. The van der Waals surface area contributed by atoms with Gasteiger partial charge in [0.2, 0.25) is 5.91 Å². The summed E-state index contributed by atoms with van der Waals surface area (Å²) >= 11 is 0. The van der Waals surface area contributed by atoms with E-state index in [9.17, 15) is 14.9 Å². The number of likely N-dealkylation sites (tertiary alicyclic amines) is 1. The maximum atomic E-state index is 14.4. The van der Waals surface area contributed by atoms with E-state index in [0.717, 1.165) is 50.6 Å². The largest absolute Gasteiger partial charge is 0.462 e. The number of nitrogens with zero attached hydrogens (tertiary/aromatic N) is 6. The molecule has 0 unspecified atom stereocenters. The van der Waals surface area contributed by atoms with Crippen LogP contribution in [0.5, 0.6) is 6.01 Å². The average molecular weight is 555 g/mol. The lowest BCUT2D eigenvalue weighted by molar-refractivity contribution is -0.128. The Morgan fingerprint density at radius 2 is 1.98 bits per heavy atom. The number of likely N-dealkylation sites (N-methyl/N-ethyl adjacent to an activating group) is 1. The van der Waals surface area contributed by atoms with Crippen molar-refractivity contribution < 1.29 is 14.3 Å². The number of piperazine rings is 1. The van der Waals surface area contributed by atoms with Crippen LogP contribution < -0.4 is 9.64 Å². The topological polar surface area (TPSA) is 103 Å².